The van der Waals surface area contributed by atoms with Crippen LogP contribution in [0.4, 0.5) is 5.69 Å². The largest absolute Gasteiger partial charge is 0.543 e. The van der Waals surface area contributed by atoms with Crippen LogP contribution in [0.15, 0.2) is 35.6 Å². The Morgan fingerprint density at radius 2 is 1.95 bits per heavy atom. The van der Waals surface area contributed by atoms with Crippen LogP contribution in [0, 0.1) is 6.92 Å². The summed E-state index contributed by atoms with van der Waals surface area (Å²) in [6.07, 6.45) is 3.63. The zero-order valence-corrected chi connectivity index (χ0v) is 13.7. The van der Waals surface area contributed by atoms with Gasteiger partial charge in [-0.15, -0.1) is 0 Å². The van der Waals surface area contributed by atoms with E-state index in [1.165, 1.54) is 0 Å². The number of aromatic nitrogens is 2. The lowest BCUT2D eigenvalue weighted by atomic mass is 10.3. The van der Waals surface area contributed by atoms with Crippen LogP contribution in [0.1, 0.15) is 11.4 Å². The van der Waals surface area contributed by atoms with Crippen molar-refractivity contribution in [3.8, 4) is 5.75 Å². The molecule has 0 unspecified atom stereocenters. The number of nitrogens with zero attached hydrogens (tertiary/aromatic N) is 3. The van der Waals surface area contributed by atoms with Gasteiger partial charge >= 0.3 is 0 Å². The molecule has 0 aliphatic carbocycles. The van der Waals surface area contributed by atoms with Crippen molar-refractivity contribution in [3.05, 3.63) is 42.0 Å². The number of para-hydroxylation sites is 2. The Morgan fingerprint density at radius 1 is 1.25 bits per heavy atom. The van der Waals surface area contributed by atoms with Crippen molar-refractivity contribution in [1.29, 1.82) is 0 Å². The lowest BCUT2D eigenvalue weighted by molar-refractivity contribution is 0.559. The van der Waals surface area contributed by atoms with E-state index in [4.69, 9.17) is 4.43 Å². The van der Waals surface area contributed by atoms with Gasteiger partial charge in [0.05, 0.1) is 23.9 Å². The van der Waals surface area contributed by atoms with Crippen molar-refractivity contribution >= 4 is 20.2 Å². The smallest absolute Gasteiger partial charge is 0.242 e. The quantitative estimate of drug-likeness (QED) is 0.635. The van der Waals surface area contributed by atoms with Crippen LogP contribution < -0.4 is 4.43 Å². The normalized spacial score (nSPS) is 12.1. The van der Waals surface area contributed by atoms with Crippen molar-refractivity contribution in [3.63, 3.8) is 0 Å². The van der Waals surface area contributed by atoms with Gasteiger partial charge in [-0.1, -0.05) is 12.1 Å². The molecule has 2 aromatic rings. The Hall–Kier alpha value is -1.88. The number of hydrogen-bond acceptors (Lipinski definition) is 3. The topological polar surface area (TPSA) is 39.4 Å². The first kappa shape index (κ1) is 14.5. The van der Waals surface area contributed by atoms with Gasteiger partial charge in [-0.2, -0.15) is 0 Å². The van der Waals surface area contributed by atoms with Crippen LogP contribution in [-0.4, -0.2) is 24.1 Å². The summed E-state index contributed by atoms with van der Waals surface area (Å²) in [6.45, 7) is 8.47. The van der Waals surface area contributed by atoms with Gasteiger partial charge in [0.25, 0.3) is 0 Å². The minimum Gasteiger partial charge on any atom is -0.543 e. The van der Waals surface area contributed by atoms with E-state index in [2.05, 4.69) is 29.6 Å². The van der Waals surface area contributed by atoms with Gasteiger partial charge < -0.3 is 8.99 Å². The zero-order valence-electron chi connectivity index (χ0n) is 12.7. The van der Waals surface area contributed by atoms with Crippen LogP contribution in [0.2, 0.25) is 19.6 Å². The molecule has 0 N–H and O–H groups in total. The average Bonchev–Trinajstić information content (AvgIpc) is 2.66. The summed E-state index contributed by atoms with van der Waals surface area (Å²) in [7, 11) is 0.326. The maximum atomic E-state index is 6.07. The predicted octanol–water partition coefficient (Wildman–Crippen LogP) is 3.69. The Bertz CT molecular complexity index is 607. The fraction of sp³-hybridized carbons (Fsp3) is 0.333. The lowest BCUT2D eigenvalue weighted by Gasteiger charge is -2.20. The molecule has 0 radical (unpaired) electrons. The van der Waals surface area contributed by atoms with Gasteiger partial charge in [-0.05, 0) is 38.7 Å². The SMILES string of the molecule is Cc1ncn(C)c1C=Nc1ccccc1O[Si](C)(C)C. The van der Waals surface area contributed by atoms with Gasteiger partial charge in [0.15, 0.2) is 0 Å². The molecule has 0 saturated heterocycles. The fourth-order valence-corrected chi connectivity index (χ4v) is 2.68. The number of benzene rings is 1. The van der Waals surface area contributed by atoms with Crippen molar-refractivity contribution < 1.29 is 4.43 Å². The highest BCUT2D eigenvalue weighted by Gasteiger charge is 2.17. The van der Waals surface area contributed by atoms with E-state index >= 15 is 0 Å². The lowest BCUT2D eigenvalue weighted by Crippen LogP contribution is -2.29. The average molecular weight is 287 g/mol. The maximum absolute atomic E-state index is 6.07. The van der Waals surface area contributed by atoms with Crippen molar-refractivity contribution in [2.24, 2.45) is 12.0 Å². The van der Waals surface area contributed by atoms with Crippen molar-refractivity contribution in [2.45, 2.75) is 26.6 Å². The standard InChI is InChI=1S/C15H21N3OSi/c1-12-14(18(2)11-17-12)10-16-13-8-6-7-9-15(13)19-20(3,4)5/h6-11H,1-5H3. The van der Waals surface area contributed by atoms with Crippen molar-refractivity contribution in [1.82, 2.24) is 9.55 Å². The summed E-state index contributed by atoms with van der Waals surface area (Å²) in [5.41, 5.74) is 2.84. The third-order valence-corrected chi connectivity index (χ3v) is 3.61. The van der Waals surface area contributed by atoms with Crippen LogP contribution in [-0.2, 0) is 7.05 Å². The van der Waals surface area contributed by atoms with E-state index in [-0.39, 0.29) is 0 Å². The third kappa shape index (κ3) is 3.57. The molecule has 106 valence electrons. The Balaban J connectivity index is 2.30. The molecule has 1 aromatic heterocycles. The molecule has 2 rings (SSSR count). The van der Waals surface area contributed by atoms with Gasteiger partial charge in [0, 0.05) is 7.05 Å². The first-order valence-corrected chi connectivity index (χ1v) is 10.1. The van der Waals surface area contributed by atoms with Crippen LogP contribution >= 0.6 is 0 Å². The summed E-state index contributed by atoms with van der Waals surface area (Å²) in [4.78, 5) is 8.82. The van der Waals surface area contributed by atoms with Gasteiger partial charge in [0.2, 0.25) is 8.32 Å². The molecule has 4 nitrogen and oxygen atoms in total. The van der Waals surface area contributed by atoms with Crippen LogP contribution in [0.3, 0.4) is 0 Å². The Kier molecular flexibility index (Phi) is 4.08. The first-order valence-electron chi connectivity index (χ1n) is 6.67. The molecule has 0 fully saturated rings. The molecule has 0 bridgehead atoms. The second-order valence-electron chi connectivity index (χ2n) is 5.77. The van der Waals surface area contributed by atoms with E-state index in [9.17, 15) is 0 Å². The second-order valence-corrected chi connectivity index (χ2v) is 10.2. The first-order chi connectivity index (χ1) is 9.37. The molecule has 1 aromatic carbocycles. The molecule has 0 spiro atoms. The number of aliphatic imine (C=N–C) groups is 1. The zero-order chi connectivity index (χ0) is 14.8. The summed E-state index contributed by atoms with van der Waals surface area (Å²) in [5.74, 6) is 0.850. The molecule has 0 aliphatic heterocycles. The summed E-state index contributed by atoms with van der Waals surface area (Å²) >= 11 is 0. The summed E-state index contributed by atoms with van der Waals surface area (Å²) in [6, 6.07) is 7.89. The molecule has 0 amide bonds. The van der Waals surface area contributed by atoms with E-state index in [1.54, 1.807) is 6.33 Å². The molecule has 0 atom stereocenters. The molecule has 1 heterocycles. The van der Waals surface area contributed by atoms with Crippen molar-refractivity contribution in [2.75, 3.05) is 0 Å². The predicted molar refractivity (Wildman–Crippen MR) is 85.6 cm³/mol. The Labute approximate surface area is 121 Å². The van der Waals surface area contributed by atoms with Crippen LogP contribution in [0.5, 0.6) is 5.75 Å². The minimum absolute atomic E-state index is 0.850. The van der Waals surface area contributed by atoms with Crippen LogP contribution in [0.25, 0.3) is 0 Å². The van der Waals surface area contributed by atoms with E-state index in [1.807, 2.05) is 49.0 Å². The summed E-state index contributed by atoms with van der Waals surface area (Å²) in [5, 5.41) is 0. The maximum Gasteiger partial charge on any atom is 0.242 e. The van der Waals surface area contributed by atoms with Gasteiger partial charge in [0.1, 0.15) is 11.4 Å². The monoisotopic (exact) mass is 287 g/mol. The van der Waals surface area contributed by atoms with E-state index in [0.29, 0.717) is 0 Å². The second kappa shape index (κ2) is 5.62. The number of aryl methyl sites for hydroxylation is 2. The number of imidazole rings is 1. The van der Waals surface area contributed by atoms with E-state index in [0.717, 1.165) is 22.8 Å². The molecular formula is C15H21N3OSi. The highest BCUT2D eigenvalue weighted by molar-refractivity contribution is 6.70. The number of hydrogen-bond donors (Lipinski definition) is 0. The van der Waals surface area contributed by atoms with Gasteiger partial charge in [-0.3, -0.25) is 4.99 Å². The highest BCUT2D eigenvalue weighted by Crippen LogP contribution is 2.29. The number of rotatable bonds is 4. The molecular weight excluding hydrogens is 266 g/mol. The molecule has 0 saturated carbocycles. The highest BCUT2D eigenvalue weighted by atomic mass is 28.4. The molecule has 0 aliphatic rings. The Morgan fingerprint density at radius 3 is 2.55 bits per heavy atom. The molecule has 5 heteroatoms. The summed E-state index contributed by atoms with van der Waals surface area (Å²) < 4.78 is 8.03. The van der Waals surface area contributed by atoms with Gasteiger partial charge in [-0.25, -0.2) is 4.98 Å². The molecule has 20 heavy (non-hydrogen) atoms. The minimum atomic E-state index is -1.64. The van der Waals surface area contributed by atoms with E-state index < -0.39 is 8.32 Å². The fourth-order valence-electron chi connectivity index (χ4n) is 1.85. The third-order valence-electron chi connectivity index (χ3n) is 2.78.